The van der Waals surface area contributed by atoms with Crippen LogP contribution in [0.15, 0.2) is 0 Å². The second-order valence-electron chi connectivity index (χ2n) is 8.02. The molecule has 0 aliphatic carbocycles. The Bertz CT molecular complexity index is 417. The topological polar surface area (TPSA) is 103 Å². The second-order valence-corrected chi connectivity index (χ2v) is 8.02. The molecule has 0 aliphatic heterocycles. The summed E-state index contributed by atoms with van der Waals surface area (Å²) < 4.78 is 42.9. The third-order valence-electron chi connectivity index (χ3n) is 3.45. The Hall–Kier alpha value is -1.01. The van der Waals surface area contributed by atoms with Gasteiger partial charge in [0.15, 0.2) is 0 Å². The number of hydrogen-bond acceptors (Lipinski definition) is 9. The predicted molar refractivity (Wildman–Crippen MR) is 120 cm³/mol. The van der Waals surface area contributed by atoms with Gasteiger partial charge >= 0.3 is 6.09 Å². The molecule has 192 valence electrons. The maximum atomic E-state index is 11.4. The Morgan fingerprint density at radius 3 is 1.31 bits per heavy atom. The van der Waals surface area contributed by atoms with Crippen molar-refractivity contribution in [1.82, 2.24) is 5.32 Å². The smallest absolute Gasteiger partial charge is 0.407 e. The van der Waals surface area contributed by atoms with E-state index in [4.69, 9.17) is 37.9 Å². The van der Waals surface area contributed by atoms with Crippen molar-refractivity contribution < 1.29 is 42.7 Å². The van der Waals surface area contributed by atoms with Crippen LogP contribution in [0, 0.1) is 0 Å². The minimum absolute atomic E-state index is 0.232. The molecule has 10 heteroatoms. The van der Waals surface area contributed by atoms with Gasteiger partial charge in [-0.2, -0.15) is 0 Å². The SMILES string of the molecule is CC(C)OCCOCCOCCOCCOCCOCCOCCNC(=O)OC(C)(C)C. The van der Waals surface area contributed by atoms with Gasteiger partial charge in [-0.05, 0) is 34.6 Å². The Labute approximate surface area is 193 Å². The molecule has 0 saturated heterocycles. The quantitative estimate of drug-likeness (QED) is 0.240. The maximum Gasteiger partial charge on any atom is 0.407 e. The van der Waals surface area contributed by atoms with Crippen molar-refractivity contribution >= 4 is 6.09 Å². The number of carbonyl (C=O) groups excluding carboxylic acids is 1. The zero-order valence-electron chi connectivity index (χ0n) is 20.7. The number of ether oxygens (including phenoxy) is 8. The van der Waals surface area contributed by atoms with Crippen molar-refractivity contribution in [2.75, 3.05) is 92.4 Å². The molecular formula is C22H45NO9. The summed E-state index contributed by atoms with van der Waals surface area (Å²) in [7, 11) is 0. The van der Waals surface area contributed by atoms with Crippen LogP contribution in [-0.2, 0) is 37.9 Å². The van der Waals surface area contributed by atoms with Gasteiger partial charge in [-0.25, -0.2) is 4.79 Å². The van der Waals surface area contributed by atoms with Gasteiger partial charge in [0.05, 0.1) is 92.0 Å². The fourth-order valence-electron chi connectivity index (χ4n) is 2.08. The van der Waals surface area contributed by atoms with Crippen LogP contribution in [0.3, 0.4) is 0 Å². The summed E-state index contributed by atoms with van der Waals surface area (Å²) in [5, 5.41) is 2.62. The third-order valence-corrected chi connectivity index (χ3v) is 3.45. The summed E-state index contributed by atoms with van der Waals surface area (Å²) in [6.45, 7) is 16.5. The van der Waals surface area contributed by atoms with Gasteiger partial charge in [0.1, 0.15) is 5.60 Å². The van der Waals surface area contributed by atoms with E-state index in [2.05, 4.69) is 5.32 Å². The third kappa shape index (κ3) is 27.0. The fourth-order valence-corrected chi connectivity index (χ4v) is 2.08. The van der Waals surface area contributed by atoms with Gasteiger partial charge < -0.3 is 43.2 Å². The van der Waals surface area contributed by atoms with Crippen LogP contribution in [0.4, 0.5) is 4.79 Å². The van der Waals surface area contributed by atoms with Crippen LogP contribution in [0.5, 0.6) is 0 Å². The molecule has 0 atom stereocenters. The van der Waals surface area contributed by atoms with Crippen molar-refractivity contribution in [2.45, 2.75) is 46.3 Å². The number of amides is 1. The van der Waals surface area contributed by atoms with Gasteiger partial charge in [-0.1, -0.05) is 0 Å². The lowest BCUT2D eigenvalue weighted by atomic mass is 10.2. The van der Waals surface area contributed by atoms with Crippen LogP contribution < -0.4 is 5.32 Å². The van der Waals surface area contributed by atoms with Crippen molar-refractivity contribution in [1.29, 1.82) is 0 Å². The molecule has 1 N–H and O–H groups in total. The first-order valence-electron chi connectivity index (χ1n) is 11.4. The molecule has 0 aromatic heterocycles. The van der Waals surface area contributed by atoms with E-state index < -0.39 is 11.7 Å². The molecule has 0 bridgehead atoms. The highest BCUT2D eigenvalue weighted by Crippen LogP contribution is 2.06. The van der Waals surface area contributed by atoms with Gasteiger partial charge in [0.2, 0.25) is 0 Å². The summed E-state index contributed by atoms with van der Waals surface area (Å²) in [6.07, 6.45) is -0.213. The van der Waals surface area contributed by atoms with Gasteiger partial charge in [0.25, 0.3) is 0 Å². The molecular weight excluding hydrogens is 422 g/mol. The standard InChI is InChI=1S/C22H45NO9/c1-20(2)31-19-18-30-17-16-29-15-14-28-13-12-27-11-10-26-9-8-25-7-6-23-21(24)32-22(3,4)5/h20H,6-19H2,1-5H3,(H,23,24). The van der Waals surface area contributed by atoms with E-state index in [0.29, 0.717) is 92.4 Å². The van der Waals surface area contributed by atoms with E-state index >= 15 is 0 Å². The van der Waals surface area contributed by atoms with Gasteiger partial charge in [-0.3, -0.25) is 0 Å². The summed E-state index contributed by atoms with van der Waals surface area (Å²) >= 11 is 0. The molecule has 0 heterocycles. The molecule has 0 spiro atoms. The second kappa shape index (κ2) is 21.8. The molecule has 0 aromatic rings. The molecule has 0 saturated carbocycles. The number of carbonyl (C=O) groups is 1. The normalized spacial score (nSPS) is 11.8. The number of alkyl carbamates (subject to hydrolysis) is 1. The minimum atomic E-state index is -0.500. The first-order valence-corrected chi connectivity index (χ1v) is 11.4. The lowest BCUT2D eigenvalue weighted by molar-refractivity contribution is -0.0237. The maximum absolute atomic E-state index is 11.4. The van der Waals surface area contributed by atoms with Crippen molar-refractivity contribution in [3.05, 3.63) is 0 Å². The average Bonchev–Trinajstić information content (AvgIpc) is 2.70. The first kappa shape index (κ1) is 31.0. The van der Waals surface area contributed by atoms with Crippen LogP contribution in [0.1, 0.15) is 34.6 Å². The number of nitrogens with one attached hydrogen (secondary N) is 1. The van der Waals surface area contributed by atoms with Crippen molar-refractivity contribution in [2.24, 2.45) is 0 Å². The molecule has 10 nitrogen and oxygen atoms in total. The molecule has 0 unspecified atom stereocenters. The van der Waals surface area contributed by atoms with E-state index in [1.165, 1.54) is 0 Å². The summed E-state index contributed by atoms with van der Waals surface area (Å²) in [4.78, 5) is 11.4. The van der Waals surface area contributed by atoms with Crippen LogP contribution >= 0.6 is 0 Å². The first-order chi connectivity index (χ1) is 15.3. The van der Waals surface area contributed by atoms with E-state index in [1.54, 1.807) is 0 Å². The Morgan fingerprint density at radius 2 is 0.969 bits per heavy atom. The molecule has 0 fully saturated rings. The highest BCUT2D eigenvalue weighted by Gasteiger charge is 2.15. The number of hydrogen-bond donors (Lipinski definition) is 1. The zero-order chi connectivity index (χ0) is 23.9. The van der Waals surface area contributed by atoms with Crippen LogP contribution in [0.25, 0.3) is 0 Å². The molecule has 0 aliphatic rings. The average molecular weight is 468 g/mol. The van der Waals surface area contributed by atoms with E-state index in [9.17, 15) is 4.79 Å². The number of rotatable bonds is 22. The van der Waals surface area contributed by atoms with Crippen molar-refractivity contribution in [3.63, 3.8) is 0 Å². The minimum Gasteiger partial charge on any atom is -0.444 e. The summed E-state index contributed by atoms with van der Waals surface area (Å²) in [6, 6.07) is 0. The molecule has 0 radical (unpaired) electrons. The highest BCUT2D eigenvalue weighted by molar-refractivity contribution is 5.67. The van der Waals surface area contributed by atoms with E-state index in [1.807, 2.05) is 34.6 Å². The monoisotopic (exact) mass is 467 g/mol. The molecule has 32 heavy (non-hydrogen) atoms. The fraction of sp³-hybridized carbons (Fsp3) is 0.955. The highest BCUT2D eigenvalue weighted by atomic mass is 16.6. The molecule has 1 amide bonds. The molecule has 0 rings (SSSR count). The van der Waals surface area contributed by atoms with E-state index in [-0.39, 0.29) is 6.10 Å². The van der Waals surface area contributed by atoms with Gasteiger partial charge in [0, 0.05) is 6.54 Å². The van der Waals surface area contributed by atoms with E-state index in [0.717, 1.165) is 0 Å². The largest absolute Gasteiger partial charge is 0.444 e. The van der Waals surface area contributed by atoms with Crippen LogP contribution in [0.2, 0.25) is 0 Å². The summed E-state index contributed by atoms with van der Waals surface area (Å²) in [5.41, 5.74) is -0.500. The lowest BCUT2D eigenvalue weighted by Gasteiger charge is -2.19. The lowest BCUT2D eigenvalue weighted by Crippen LogP contribution is -2.34. The zero-order valence-corrected chi connectivity index (χ0v) is 20.7. The van der Waals surface area contributed by atoms with Crippen molar-refractivity contribution in [3.8, 4) is 0 Å². The Balaban J connectivity index is 3.11. The predicted octanol–water partition coefficient (Wildman–Crippen LogP) is 2.04. The Morgan fingerprint density at radius 1 is 0.625 bits per heavy atom. The molecule has 0 aromatic carbocycles. The van der Waals surface area contributed by atoms with Crippen LogP contribution in [-0.4, -0.2) is 110 Å². The van der Waals surface area contributed by atoms with Gasteiger partial charge in [-0.15, -0.1) is 0 Å². The Kier molecular flexibility index (Phi) is 21.1. The summed E-state index contributed by atoms with van der Waals surface area (Å²) in [5.74, 6) is 0.